The van der Waals surface area contributed by atoms with Crippen LogP contribution in [0.2, 0.25) is 0 Å². The van der Waals surface area contributed by atoms with Crippen LogP contribution >= 0.6 is 23.5 Å². The van der Waals surface area contributed by atoms with Crippen LogP contribution in [-0.4, -0.2) is 133 Å². The van der Waals surface area contributed by atoms with E-state index in [-0.39, 0.29) is 47.3 Å². The van der Waals surface area contributed by atoms with Crippen molar-refractivity contribution >= 4 is 40.6 Å². The van der Waals surface area contributed by atoms with Gasteiger partial charge >= 0.3 is 34.8 Å². The summed E-state index contributed by atoms with van der Waals surface area (Å²) in [6, 6.07) is 0.0925. The molecule has 0 spiro atoms. The molecule has 2 bridgehead atoms. The maximum atomic E-state index is 13.8. The van der Waals surface area contributed by atoms with E-state index < -0.39 is 145 Å². The molecule has 3 unspecified atom stereocenters. The maximum Gasteiger partial charge on any atom is 0.472 e. The normalized spacial score (nSPS) is 31.8. The second-order valence-corrected chi connectivity index (χ2v) is 22.2. The van der Waals surface area contributed by atoms with Crippen LogP contribution in [0.5, 0.6) is 0 Å². The average molecular weight is 1080 g/mol. The summed E-state index contributed by atoms with van der Waals surface area (Å²) in [6.45, 7) is 0.0158. The molecule has 3 saturated heterocycles. The van der Waals surface area contributed by atoms with E-state index in [1.807, 2.05) is 0 Å². The molecular weight excluding hydrogens is 1030 g/mol. The quantitative estimate of drug-likeness (QED) is 0.0570. The number of aromatic nitrogens is 8. The number of aromatic amines is 3. The van der Waals surface area contributed by atoms with E-state index in [0.29, 0.717) is 12.8 Å². The number of anilines is 1. The van der Waals surface area contributed by atoms with Crippen LogP contribution < -0.4 is 33.8 Å². The average Bonchev–Trinajstić information content (AvgIpc) is 4.12. The third kappa shape index (κ3) is 11.5. The monoisotopic (exact) mass is 1080 g/mol. The Kier molecular flexibility index (Phi) is 14.6. The van der Waals surface area contributed by atoms with Gasteiger partial charge in [-0.05, 0) is 39.5 Å². The Balaban J connectivity index is 0.879. The van der Waals surface area contributed by atoms with Gasteiger partial charge in [-0.2, -0.15) is 15.2 Å². The van der Waals surface area contributed by atoms with Crippen molar-refractivity contribution in [1.29, 1.82) is 0 Å². The first-order valence-electron chi connectivity index (χ1n) is 22.3. The fraction of sp³-hybridized carbons (Fsp3) is 0.649. The number of hydrogen-bond acceptors (Lipinski definition) is 23. The molecule has 1 aliphatic carbocycles. The predicted octanol–water partition coefficient (Wildman–Crippen LogP) is -0.0724. The lowest BCUT2D eigenvalue weighted by Gasteiger charge is -2.39. The molecule has 394 valence electrons. The van der Waals surface area contributed by atoms with Crippen LogP contribution in [0, 0.1) is 13.8 Å². The number of phosphoric acid groups is 3. The van der Waals surface area contributed by atoms with Crippen molar-refractivity contribution < 1.29 is 74.8 Å². The Hall–Kier alpha value is -4.72. The summed E-state index contributed by atoms with van der Waals surface area (Å²) in [6.07, 6.45) is -7.04. The number of aliphatic hydroxyl groups excluding tert-OH is 1. The highest BCUT2D eigenvalue weighted by atomic mass is 31.2. The van der Waals surface area contributed by atoms with Crippen molar-refractivity contribution in [2.45, 2.75) is 126 Å². The third-order valence-corrected chi connectivity index (χ3v) is 15.8. The van der Waals surface area contributed by atoms with E-state index in [9.17, 15) is 57.5 Å². The van der Waals surface area contributed by atoms with Crippen LogP contribution in [-0.2, 0) is 55.0 Å². The second-order valence-electron chi connectivity index (χ2n) is 17.9. The van der Waals surface area contributed by atoms with E-state index in [1.165, 1.54) is 30.9 Å². The van der Waals surface area contributed by atoms with Crippen LogP contribution in [0.1, 0.15) is 74.8 Å². The number of azo groups is 1. The standard InChI is InChI=1S/C37H50N11O21P3/c1-17-10-46(35(53)42-31(17)50)27-8-21(24(66-27)13-61-70(55,56)64-15-37-5-3-19(4-6-37)44-45-37)69-72(59,60)63-14-25-22(9-28(67-25)47-11-18(2)32(51)43-36(47)54)68-71(57,58)62-12-23-20(49)7-26(65-23)48-16-39-29-30(48)40-34(38)41-33(29)52/h10-11,16,19-28,49H,3-9,12-15H2,1-2H3,(H,55,56)(H,57,58)(H,59,60)(H,42,50,53)(H,43,51,54)(H3,38,40,41,52)/t19?,20-,21-,22-,23+,24+,25+,26+,27+,28+,37?/m0/s1. The van der Waals surface area contributed by atoms with E-state index in [1.54, 1.807) is 0 Å². The molecule has 0 amide bonds. The third-order valence-electron chi connectivity index (χ3n) is 12.8. The molecule has 9 N–H and O–H groups in total. The minimum atomic E-state index is -5.32. The second kappa shape index (κ2) is 20.2. The van der Waals surface area contributed by atoms with E-state index in [0.717, 1.165) is 28.2 Å². The zero-order valence-corrected chi connectivity index (χ0v) is 40.7. The summed E-state index contributed by atoms with van der Waals surface area (Å²) in [5.74, 6) is -0.207. The Morgan fingerprint density at radius 1 is 0.708 bits per heavy atom. The molecular formula is C37H50N11O21P3. The number of nitrogen functional groups attached to an aromatic ring is 1. The predicted molar refractivity (Wildman–Crippen MR) is 239 cm³/mol. The zero-order valence-electron chi connectivity index (χ0n) is 38.1. The first-order chi connectivity index (χ1) is 33.9. The number of fused-ring (bicyclic) bond motifs is 3. The lowest BCUT2D eigenvalue weighted by atomic mass is 9.79. The van der Waals surface area contributed by atoms with Gasteiger partial charge in [-0.15, -0.1) is 0 Å². The van der Waals surface area contributed by atoms with Gasteiger partial charge in [-0.3, -0.25) is 70.2 Å². The van der Waals surface area contributed by atoms with Crippen LogP contribution in [0.4, 0.5) is 5.95 Å². The van der Waals surface area contributed by atoms with E-state index in [4.69, 9.17) is 47.1 Å². The minimum absolute atomic E-state index is 0.0429. The molecule has 10 rings (SSSR count). The summed E-state index contributed by atoms with van der Waals surface area (Å²) in [5.41, 5.74) is 1.13. The summed E-state index contributed by atoms with van der Waals surface area (Å²) in [5, 5.41) is 19.3. The van der Waals surface area contributed by atoms with Gasteiger partial charge in [0.05, 0.1) is 44.9 Å². The molecule has 72 heavy (non-hydrogen) atoms. The molecule has 0 radical (unpaired) electrons. The molecule has 4 aromatic heterocycles. The molecule has 4 fully saturated rings. The van der Waals surface area contributed by atoms with Crippen molar-refractivity contribution in [3.05, 3.63) is 81.9 Å². The number of H-pyrrole nitrogens is 3. The minimum Gasteiger partial charge on any atom is -0.390 e. The first kappa shape index (κ1) is 52.2. The smallest absolute Gasteiger partial charge is 0.390 e. The molecule has 5 aliphatic heterocycles. The van der Waals surface area contributed by atoms with Crippen LogP contribution in [0.3, 0.4) is 0 Å². The van der Waals surface area contributed by atoms with Gasteiger partial charge in [0.25, 0.3) is 16.7 Å². The molecule has 35 heteroatoms. The highest BCUT2D eigenvalue weighted by Gasteiger charge is 2.48. The number of hydrogen-bond donors (Lipinski definition) is 8. The van der Waals surface area contributed by atoms with Gasteiger partial charge in [0.15, 0.2) is 11.2 Å². The van der Waals surface area contributed by atoms with Gasteiger partial charge in [0, 0.05) is 42.8 Å². The van der Waals surface area contributed by atoms with Crippen molar-refractivity contribution in [3.8, 4) is 0 Å². The Morgan fingerprint density at radius 2 is 1.21 bits per heavy atom. The largest absolute Gasteiger partial charge is 0.472 e. The molecule has 4 aromatic rings. The molecule has 32 nitrogen and oxygen atoms in total. The molecule has 6 aliphatic rings. The van der Waals surface area contributed by atoms with Gasteiger partial charge in [0.1, 0.15) is 54.7 Å². The molecule has 9 heterocycles. The van der Waals surface area contributed by atoms with Gasteiger partial charge in [-0.1, -0.05) is 0 Å². The number of aliphatic hydroxyl groups is 1. The number of nitrogens with one attached hydrogen (secondary N) is 3. The lowest BCUT2D eigenvalue weighted by molar-refractivity contribution is -0.0616. The Labute approximate surface area is 403 Å². The van der Waals surface area contributed by atoms with Gasteiger partial charge < -0.3 is 39.7 Å². The Morgan fingerprint density at radius 3 is 1.74 bits per heavy atom. The maximum absolute atomic E-state index is 13.8. The van der Waals surface area contributed by atoms with Gasteiger partial charge in [-0.25, -0.2) is 28.3 Å². The van der Waals surface area contributed by atoms with Crippen LogP contribution in [0.25, 0.3) is 11.2 Å². The molecule has 0 aromatic carbocycles. The van der Waals surface area contributed by atoms with Crippen molar-refractivity contribution in [2.24, 2.45) is 10.2 Å². The molecule has 1 saturated carbocycles. The zero-order chi connectivity index (χ0) is 51.5. The number of nitrogens with two attached hydrogens (primary N) is 1. The highest BCUT2D eigenvalue weighted by molar-refractivity contribution is 7.48. The summed E-state index contributed by atoms with van der Waals surface area (Å²) in [4.78, 5) is 110. The fourth-order valence-electron chi connectivity index (χ4n) is 8.93. The summed E-state index contributed by atoms with van der Waals surface area (Å²) >= 11 is 0. The van der Waals surface area contributed by atoms with Crippen molar-refractivity contribution in [3.63, 3.8) is 0 Å². The number of ether oxygens (including phenoxy) is 3. The highest BCUT2D eigenvalue weighted by Crippen LogP contribution is 2.53. The van der Waals surface area contributed by atoms with Gasteiger partial charge in [0.2, 0.25) is 5.95 Å². The number of aryl methyl sites for hydroxylation is 2. The SMILES string of the molecule is Cc1cn([C@H]2C[C@H](OP(=O)(O)OC[C@H]3O[C@@H](n4cc(C)c(=O)[nH]c4=O)C[C@@H]3OP(=O)(O)OC[C@H]3O[C@@H](n4cnc5c(=O)[nH]c(N)nc54)C[C@@H]3O)[C@@H](COP(=O)(O)OCC34CCC(CC3)N=N4)O2)c(=O)[nH]c1=O. The number of rotatable bonds is 19. The first-order valence-corrected chi connectivity index (χ1v) is 26.8. The summed E-state index contributed by atoms with van der Waals surface area (Å²) in [7, 11) is -15.4. The van der Waals surface area contributed by atoms with E-state index >= 15 is 0 Å². The van der Waals surface area contributed by atoms with Crippen molar-refractivity contribution in [1.82, 2.24) is 38.6 Å². The number of nitrogens with zero attached hydrogens (tertiary/aromatic N) is 7. The lowest BCUT2D eigenvalue weighted by Crippen LogP contribution is -2.41. The van der Waals surface area contributed by atoms with Crippen LogP contribution in [0.15, 0.2) is 52.9 Å². The number of imidazole rings is 1. The Bertz CT molecular complexity index is 3180. The molecule has 12 atom stereocenters. The summed E-state index contributed by atoms with van der Waals surface area (Å²) < 4.78 is 93.5. The topological polar surface area (TPSA) is 439 Å². The van der Waals surface area contributed by atoms with E-state index in [2.05, 4.69) is 35.1 Å². The fourth-order valence-corrected chi connectivity index (χ4v) is 11.7. The van der Waals surface area contributed by atoms with Crippen molar-refractivity contribution in [2.75, 3.05) is 32.2 Å². The number of phosphoric ester groups is 3.